The SMILES string of the molecule is N/C=C\N(N)c1ccc(Cl)c(OC(F)F)c1. The Kier molecular flexibility index (Phi) is 4.33. The number of benzene rings is 1. The third kappa shape index (κ3) is 3.25. The summed E-state index contributed by atoms with van der Waals surface area (Å²) in [5.41, 5.74) is 5.55. The molecule has 88 valence electrons. The number of anilines is 1. The summed E-state index contributed by atoms with van der Waals surface area (Å²) in [6.45, 7) is -2.94. The van der Waals surface area contributed by atoms with Crippen LogP contribution in [0.15, 0.2) is 30.6 Å². The highest BCUT2D eigenvalue weighted by atomic mass is 35.5. The fourth-order valence-corrected chi connectivity index (χ4v) is 1.18. The maximum absolute atomic E-state index is 12.0. The molecule has 0 amide bonds. The molecule has 4 nitrogen and oxygen atoms in total. The average molecular weight is 250 g/mol. The molecule has 16 heavy (non-hydrogen) atoms. The lowest BCUT2D eigenvalue weighted by atomic mass is 10.3. The maximum Gasteiger partial charge on any atom is 0.387 e. The first kappa shape index (κ1) is 12.5. The highest BCUT2D eigenvalue weighted by molar-refractivity contribution is 6.32. The molecule has 0 aliphatic heterocycles. The molecule has 4 N–H and O–H groups in total. The Morgan fingerprint density at radius 1 is 1.44 bits per heavy atom. The fourth-order valence-electron chi connectivity index (χ4n) is 1.02. The number of alkyl halides is 2. The molecule has 0 saturated heterocycles. The number of nitrogens with two attached hydrogens (primary N) is 2. The normalized spacial score (nSPS) is 11.1. The Labute approximate surface area is 96.0 Å². The van der Waals surface area contributed by atoms with Gasteiger partial charge in [-0.05, 0) is 12.1 Å². The van der Waals surface area contributed by atoms with Crippen LogP contribution in [-0.2, 0) is 0 Å². The minimum Gasteiger partial charge on any atom is -0.433 e. The van der Waals surface area contributed by atoms with Gasteiger partial charge in [0.1, 0.15) is 5.75 Å². The van der Waals surface area contributed by atoms with Gasteiger partial charge in [-0.3, -0.25) is 5.01 Å². The van der Waals surface area contributed by atoms with E-state index in [1.807, 2.05) is 0 Å². The second-order valence-electron chi connectivity index (χ2n) is 2.74. The van der Waals surface area contributed by atoms with Gasteiger partial charge < -0.3 is 10.5 Å². The molecule has 0 bridgehead atoms. The second kappa shape index (κ2) is 5.53. The van der Waals surface area contributed by atoms with E-state index in [2.05, 4.69) is 4.74 Å². The molecule has 0 fully saturated rings. The molecular formula is C9H10ClF2N3O. The Morgan fingerprint density at radius 2 is 2.12 bits per heavy atom. The number of ether oxygens (including phenoxy) is 1. The molecule has 0 atom stereocenters. The van der Waals surface area contributed by atoms with Crippen LogP contribution in [-0.4, -0.2) is 6.61 Å². The van der Waals surface area contributed by atoms with Gasteiger partial charge in [0.15, 0.2) is 0 Å². The number of halogens is 3. The monoisotopic (exact) mass is 249 g/mol. The number of nitrogens with zero attached hydrogens (tertiary/aromatic N) is 1. The molecule has 0 radical (unpaired) electrons. The quantitative estimate of drug-likeness (QED) is 0.633. The smallest absolute Gasteiger partial charge is 0.387 e. The van der Waals surface area contributed by atoms with Crippen molar-refractivity contribution in [3.63, 3.8) is 0 Å². The van der Waals surface area contributed by atoms with Crippen molar-refractivity contribution in [2.75, 3.05) is 5.01 Å². The van der Waals surface area contributed by atoms with Gasteiger partial charge in [0.25, 0.3) is 0 Å². The molecule has 0 spiro atoms. The summed E-state index contributed by atoms with van der Waals surface area (Å²) in [7, 11) is 0. The van der Waals surface area contributed by atoms with Crippen molar-refractivity contribution in [3.8, 4) is 5.75 Å². The van der Waals surface area contributed by atoms with Crippen molar-refractivity contribution in [2.24, 2.45) is 11.6 Å². The number of hydrogen-bond donors (Lipinski definition) is 2. The molecule has 0 saturated carbocycles. The summed E-state index contributed by atoms with van der Waals surface area (Å²) in [6.07, 6.45) is 2.57. The summed E-state index contributed by atoms with van der Waals surface area (Å²) >= 11 is 5.66. The van der Waals surface area contributed by atoms with Crippen molar-refractivity contribution < 1.29 is 13.5 Å². The van der Waals surface area contributed by atoms with E-state index in [1.165, 1.54) is 24.5 Å². The average Bonchev–Trinajstić information content (AvgIpc) is 2.21. The first-order valence-corrected chi connectivity index (χ1v) is 4.59. The molecule has 0 heterocycles. The molecule has 0 unspecified atom stereocenters. The standard InChI is InChI=1S/C9H10ClF2N3O/c10-7-2-1-6(15(14)4-3-13)5-8(7)16-9(11)12/h1-5,9H,13-14H2/b4-3-. The molecule has 7 heteroatoms. The van der Waals surface area contributed by atoms with Crippen LogP contribution >= 0.6 is 11.6 Å². The minimum absolute atomic E-state index is 0.0779. The van der Waals surface area contributed by atoms with Gasteiger partial charge >= 0.3 is 6.61 Å². The molecule has 1 rings (SSSR count). The summed E-state index contributed by atoms with van der Waals surface area (Å²) in [5, 5.41) is 1.23. The Balaban J connectivity index is 2.97. The van der Waals surface area contributed by atoms with Crippen LogP contribution in [0.4, 0.5) is 14.5 Å². The predicted octanol–water partition coefficient (Wildman–Crippen LogP) is 2.05. The fraction of sp³-hybridized carbons (Fsp3) is 0.111. The minimum atomic E-state index is -2.94. The Hall–Kier alpha value is -1.53. The summed E-state index contributed by atoms with van der Waals surface area (Å²) < 4.78 is 28.3. The van der Waals surface area contributed by atoms with Crippen LogP contribution < -0.4 is 21.3 Å². The molecule has 0 aliphatic carbocycles. The van der Waals surface area contributed by atoms with E-state index in [4.69, 9.17) is 23.2 Å². The van der Waals surface area contributed by atoms with Crippen LogP contribution in [0, 0.1) is 0 Å². The zero-order valence-electron chi connectivity index (χ0n) is 8.11. The van der Waals surface area contributed by atoms with Gasteiger partial charge in [-0.15, -0.1) is 0 Å². The number of rotatable bonds is 4. The predicted molar refractivity (Wildman–Crippen MR) is 58.1 cm³/mol. The highest BCUT2D eigenvalue weighted by Crippen LogP contribution is 2.30. The van der Waals surface area contributed by atoms with E-state index in [9.17, 15) is 8.78 Å². The lowest BCUT2D eigenvalue weighted by molar-refractivity contribution is -0.0497. The highest BCUT2D eigenvalue weighted by Gasteiger charge is 2.10. The Morgan fingerprint density at radius 3 is 2.69 bits per heavy atom. The van der Waals surface area contributed by atoms with Gasteiger partial charge in [-0.1, -0.05) is 11.6 Å². The molecule has 1 aromatic rings. The van der Waals surface area contributed by atoms with Crippen LogP contribution in [0.2, 0.25) is 5.02 Å². The van der Waals surface area contributed by atoms with Crippen molar-refractivity contribution in [3.05, 3.63) is 35.6 Å². The summed E-state index contributed by atoms with van der Waals surface area (Å²) in [6, 6.07) is 4.23. The van der Waals surface area contributed by atoms with Crippen LogP contribution in [0.3, 0.4) is 0 Å². The van der Waals surface area contributed by atoms with Gasteiger partial charge in [0, 0.05) is 18.5 Å². The molecule has 1 aromatic carbocycles. The Bertz CT molecular complexity index is 387. The van der Waals surface area contributed by atoms with E-state index in [-0.39, 0.29) is 10.8 Å². The summed E-state index contributed by atoms with van der Waals surface area (Å²) in [5.74, 6) is 5.39. The first-order chi connectivity index (χ1) is 7.54. The van der Waals surface area contributed by atoms with Crippen molar-refractivity contribution in [2.45, 2.75) is 6.61 Å². The van der Waals surface area contributed by atoms with E-state index in [1.54, 1.807) is 6.07 Å². The second-order valence-corrected chi connectivity index (χ2v) is 3.15. The zero-order valence-corrected chi connectivity index (χ0v) is 8.86. The van der Waals surface area contributed by atoms with Crippen molar-refractivity contribution in [1.82, 2.24) is 0 Å². The molecule has 0 aromatic heterocycles. The van der Waals surface area contributed by atoms with Crippen molar-refractivity contribution >= 4 is 17.3 Å². The van der Waals surface area contributed by atoms with Crippen molar-refractivity contribution in [1.29, 1.82) is 0 Å². The van der Waals surface area contributed by atoms with E-state index >= 15 is 0 Å². The van der Waals surface area contributed by atoms with E-state index < -0.39 is 6.61 Å². The zero-order chi connectivity index (χ0) is 12.1. The third-order valence-electron chi connectivity index (χ3n) is 1.68. The van der Waals surface area contributed by atoms with Gasteiger partial charge in [-0.2, -0.15) is 8.78 Å². The summed E-state index contributed by atoms with van der Waals surface area (Å²) in [4.78, 5) is 0. The lowest BCUT2D eigenvalue weighted by Crippen LogP contribution is -2.24. The van der Waals surface area contributed by atoms with Gasteiger partial charge in [0.05, 0.1) is 10.7 Å². The van der Waals surface area contributed by atoms with Gasteiger partial charge in [0.2, 0.25) is 0 Å². The first-order valence-electron chi connectivity index (χ1n) is 4.21. The van der Waals surface area contributed by atoms with Crippen LogP contribution in [0.5, 0.6) is 5.75 Å². The van der Waals surface area contributed by atoms with Crippen LogP contribution in [0.25, 0.3) is 0 Å². The number of hydrogen-bond acceptors (Lipinski definition) is 4. The maximum atomic E-state index is 12.0. The topological polar surface area (TPSA) is 64.5 Å². The van der Waals surface area contributed by atoms with E-state index in [0.29, 0.717) is 5.69 Å². The van der Waals surface area contributed by atoms with Gasteiger partial charge in [-0.25, -0.2) is 5.84 Å². The van der Waals surface area contributed by atoms with Crippen LogP contribution in [0.1, 0.15) is 0 Å². The largest absolute Gasteiger partial charge is 0.433 e. The number of hydrazine groups is 1. The molecular weight excluding hydrogens is 240 g/mol. The third-order valence-corrected chi connectivity index (χ3v) is 1.99. The van der Waals surface area contributed by atoms with E-state index in [0.717, 1.165) is 5.01 Å². The lowest BCUT2D eigenvalue weighted by Gasteiger charge is -2.15. The molecule has 0 aliphatic rings.